The molecule has 21 heavy (non-hydrogen) atoms. The summed E-state index contributed by atoms with van der Waals surface area (Å²) in [7, 11) is 0. The molecule has 0 fully saturated rings. The highest BCUT2D eigenvalue weighted by atomic mass is 16.2. The van der Waals surface area contributed by atoms with Gasteiger partial charge < -0.3 is 0 Å². The van der Waals surface area contributed by atoms with E-state index in [-0.39, 0.29) is 11.6 Å². The van der Waals surface area contributed by atoms with Crippen LogP contribution in [0.5, 0.6) is 0 Å². The van der Waals surface area contributed by atoms with Gasteiger partial charge in [0, 0.05) is 28.9 Å². The summed E-state index contributed by atoms with van der Waals surface area (Å²) >= 11 is 0. The molecule has 3 nitrogen and oxygen atoms in total. The van der Waals surface area contributed by atoms with E-state index in [2.05, 4.69) is 4.98 Å². The second kappa shape index (κ2) is 4.35. The highest BCUT2D eigenvalue weighted by Crippen LogP contribution is 2.36. The number of nitrogens with zero attached hydrogens (tertiary/aromatic N) is 1. The van der Waals surface area contributed by atoms with Gasteiger partial charge in [-0.15, -0.1) is 0 Å². The summed E-state index contributed by atoms with van der Waals surface area (Å²) in [4.78, 5) is 29.3. The van der Waals surface area contributed by atoms with Crippen LogP contribution in [-0.4, -0.2) is 16.6 Å². The molecule has 0 aliphatic heterocycles. The van der Waals surface area contributed by atoms with Gasteiger partial charge in [-0.25, -0.2) is 0 Å². The lowest BCUT2D eigenvalue weighted by molar-refractivity contribution is 0.0891. The standard InChI is InChI=1S/C18H11NO2/c20-17-14-5-1-2-6-15(14)18(21)16(17)13-7-3-4-11-10-19-9-8-12(11)13/h1-10,16H. The van der Waals surface area contributed by atoms with Crippen LogP contribution in [0.15, 0.2) is 60.9 Å². The molecular formula is C18H11NO2. The Labute approximate surface area is 121 Å². The Morgan fingerprint density at radius 2 is 1.52 bits per heavy atom. The van der Waals surface area contributed by atoms with Gasteiger partial charge in [0.25, 0.3) is 0 Å². The van der Waals surface area contributed by atoms with Crippen LogP contribution in [0.1, 0.15) is 32.2 Å². The first-order valence-corrected chi connectivity index (χ1v) is 6.77. The fraction of sp³-hybridized carbons (Fsp3) is 0.0556. The molecule has 3 aromatic rings. The fourth-order valence-electron chi connectivity index (χ4n) is 3.02. The number of pyridine rings is 1. The maximum absolute atomic E-state index is 12.6. The van der Waals surface area contributed by atoms with Gasteiger partial charge in [-0.05, 0) is 17.0 Å². The van der Waals surface area contributed by atoms with E-state index in [4.69, 9.17) is 0 Å². The van der Waals surface area contributed by atoms with Crippen LogP contribution < -0.4 is 0 Å². The molecule has 0 saturated heterocycles. The van der Waals surface area contributed by atoms with E-state index in [1.807, 2.05) is 24.3 Å². The highest BCUT2D eigenvalue weighted by molar-refractivity contribution is 6.30. The summed E-state index contributed by atoms with van der Waals surface area (Å²) in [5.41, 5.74) is 1.82. The molecule has 100 valence electrons. The van der Waals surface area contributed by atoms with Crippen LogP contribution in [0, 0.1) is 0 Å². The SMILES string of the molecule is O=C1c2ccccc2C(=O)C1c1cccc2cnccc12. The van der Waals surface area contributed by atoms with Crippen LogP contribution in [0.25, 0.3) is 10.8 Å². The van der Waals surface area contributed by atoms with E-state index in [0.717, 1.165) is 16.3 Å². The quantitative estimate of drug-likeness (QED) is 0.638. The topological polar surface area (TPSA) is 47.0 Å². The van der Waals surface area contributed by atoms with Crippen molar-refractivity contribution in [2.45, 2.75) is 5.92 Å². The number of carbonyl (C=O) groups is 2. The van der Waals surface area contributed by atoms with E-state index in [1.54, 1.807) is 36.7 Å². The predicted octanol–water partition coefficient (Wildman–Crippen LogP) is 3.40. The summed E-state index contributed by atoms with van der Waals surface area (Å²) < 4.78 is 0. The largest absolute Gasteiger partial charge is 0.293 e. The first-order chi connectivity index (χ1) is 10.3. The van der Waals surface area contributed by atoms with Crippen LogP contribution in [0.4, 0.5) is 0 Å². The summed E-state index contributed by atoms with van der Waals surface area (Å²) in [5, 5.41) is 1.85. The number of Topliss-reactive ketones (excluding diaryl/α,β-unsaturated/α-hetero) is 2. The van der Waals surface area contributed by atoms with Gasteiger partial charge in [0.05, 0.1) is 0 Å². The van der Waals surface area contributed by atoms with Gasteiger partial charge in [0.2, 0.25) is 0 Å². The van der Waals surface area contributed by atoms with Gasteiger partial charge in [-0.1, -0.05) is 42.5 Å². The minimum Gasteiger partial charge on any atom is -0.293 e. The lowest BCUT2D eigenvalue weighted by atomic mass is 9.90. The summed E-state index contributed by atoms with van der Waals surface area (Å²) in [6.45, 7) is 0. The molecule has 0 radical (unpaired) electrons. The molecule has 0 atom stereocenters. The molecule has 3 heteroatoms. The molecule has 1 heterocycles. The van der Waals surface area contributed by atoms with Crippen molar-refractivity contribution in [2.24, 2.45) is 0 Å². The fourth-order valence-corrected chi connectivity index (χ4v) is 3.02. The summed E-state index contributed by atoms with van der Waals surface area (Å²) in [6, 6.07) is 14.5. The van der Waals surface area contributed by atoms with E-state index >= 15 is 0 Å². The average Bonchev–Trinajstić information content (AvgIpc) is 2.79. The molecule has 0 bridgehead atoms. The summed E-state index contributed by atoms with van der Waals surface area (Å²) in [5.74, 6) is -0.951. The maximum Gasteiger partial charge on any atom is 0.178 e. The first-order valence-electron chi connectivity index (χ1n) is 6.77. The van der Waals surface area contributed by atoms with Crippen molar-refractivity contribution in [3.63, 3.8) is 0 Å². The molecule has 1 aromatic heterocycles. The van der Waals surface area contributed by atoms with E-state index in [9.17, 15) is 9.59 Å². The Hall–Kier alpha value is -2.81. The molecule has 4 rings (SSSR count). The lowest BCUT2D eigenvalue weighted by Crippen LogP contribution is -2.13. The summed E-state index contributed by atoms with van der Waals surface area (Å²) in [6.07, 6.45) is 3.43. The maximum atomic E-state index is 12.6. The minimum atomic E-state index is -0.728. The Bertz CT molecular complexity index is 858. The molecule has 1 aliphatic carbocycles. The monoisotopic (exact) mass is 273 g/mol. The van der Waals surface area contributed by atoms with Crippen molar-refractivity contribution in [1.82, 2.24) is 4.98 Å². The van der Waals surface area contributed by atoms with Crippen molar-refractivity contribution in [1.29, 1.82) is 0 Å². The second-order valence-electron chi connectivity index (χ2n) is 5.15. The van der Waals surface area contributed by atoms with Crippen LogP contribution in [0.2, 0.25) is 0 Å². The number of hydrogen-bond donors (Lipinski definition) is 0. The van der Waals surface area contributed by atoms with Gasteiger partial charge in [0.15, 0.2) is 11.6 Å². The number of carbonyl (C=O) groups excluding carboxylic acids is 2. The van der Waals surface area contributed by atoms with Gasteiger partial charge in [-0.3, -0.25) is 14.6 Å². The highest BCUT2D eigenvalue weighted by Gasteiger charge is 2.39. The second-order valence-corrected chi connectivity index (χ2v) is 5.15. The minimum absolute atomic E-state index is 0.111. The van der Waals surface area contributed by atoms with Gasteiger partial charge in [0.1, 0.15) is 5.92 Å². The van der Waals surface area contributed by atoms with Crippen LogP contribution in [0.3, 0.4) is 0 Å². The molecule has 1 aliphatic rings. The molecule has 0 spiro atoms. The van der Waals surface area contributed by atoms with E-state index in [1.165, 1.54) is 0 Å². The van der Waals surface area contributed by atoms with Crippen LogP contribution in [-0.2, 0) is 0 Å². The zero-order chi connectivity index (χ0) is 14.4. The Morgan fingerprint density at radius 1 is 0.810 bits per heavy atom. The van der Waals surface area contributed by atoms with Crippen LogP contribution >= 0.6 is 0 Å². The van der Waals surface area contributed by atoms with Crippen molar-refractivity contribution in [3.8, 4) is 0 Å². The molecular weight excluding hydrogens is 262 g/mol. The molecule has 0 unspecified atom stereocenters. The Balaban J connectivity index is 1.95. The molecule has 0 saturated carbocycles. The number of ketones is 2. The smallest absolute Gasteiger partial charge is 0.178 e. The number of rotatable bonds is 1. The first kappa shape index (κ1) is 12.0. The van der Waals surface area contributed by atoms with Crippen molar-refractivity contribution < 1.29 is 9.59 Å². The molecule has 0 amide bonds. The van der Waals surface area contributed by atoms with Gasteiger partial charge >= 0.3 is 0 Å². The molecule has 0 N–H and O–H groups in total. The van der Waals surface area contributed by atoms with Crippen molar-refractivity contribution in [2.75, 3.05) is 0 Å². The third-order valence-corrected chi connectivity index (χ3v) is 4.01. The average molecular weight is 273 g/mol. The number of aromatic nitrogens is 1. The number of benzene rings is 2. The Kier molecular flexibility index (Phi) is 2.48. The third-order valence-electron chi connectivity index (χ3n) is 4.01. The molecule has 2 aromatic carbocycles. The van der Waals surface area contributed by atoms with E-state index < -0.39 is 5.92 Å². The number of fused-ring (bicyclic) bond motifs is 2. The van der Waals surface area contributed by atoms with Gasteiger partial charge in [-0.2, -0.15) is 0 Å². The Morgan fingerprint density at radius 3 is 2.24 bits per heavy atom. The van der Waals surface area contributed by atoms with Crippen molar-refractivity contribution >= 4 is 22.3 Å². The zero-order valence-electron chi connectivity index (χ0n) is 11.1. The normalized spacial score (nSPS) is 14.7. The number of hydrogen-bond acceptors (Lipinski definition) is 3. The van der Waals surface area contributed by atoms with E-state index in [0.29, 0.717) is 11.1 Å². The van der Waals surface area contributed by atoms with Crippen molar-refractivity contribution in [3.05, 3.63) is 77.6 Å². The lowest BCUT2D eigenvalue weighted by Gasteiger charge is -2.10. The zero-order valence-corrected chi connectivity index (χ0v) is 11.1. The predicted molar refractivity (Wildman–Crippen MR) is 79.6 cm³/mol. The third kappa shape index (κ3) is 1.64.